The fourth-order valence-corrected chi connectivity index (χ4v) is 2.55. The second kappa shape index (κ2) is 8.81. The molecule has 0 aromatic heterocycles. The predicted octanol–water partition coefficient (Wildman–Crippen LogP) is 3.23. The van der Waals surface area contributed by atoms with Gasteiger partial charge < -0.3 is 9.47 Å². The van der Waals surface area contributed by atoms with E-state index in [4.69, 9.17) is 9.47 Å². The van der Waals surface area contributed by atoms with Crippen molar-refractivity contribution >= 4 is 17.7 Å². The van der Waals surface area contributed by atoms with E-state index in [0.29, 0.717) is 12.4 Å². The Hall–Kier alpha value is -0.220. The van der Waals surface area contributed by atoms with Gasteiger partial charge in [-0.2, -0.15) is 11.8 Å². The summed E-state index contributed by atoms with van der Waals surface area (Å²) in [7, 11) is 0. The highest BCUT2D eigenvalue weighted by atomic mass is 32.2. The first-order chi connectivity index (χ1) is 8.22. The van der Waals surface area contributed by atoms with Crippen LogP contribution in [0.25, 0.3) is 0 Å². The summed E-state index contributed by atoms with van der Waals surface area (Å²) in [6, 6.07) is 0. The molecule has 0 spiro atoms. The Labute approximate surface area is 109 Å². The zero-order valence-electron chi connectivity index (χ0n) is 10.9. The molecule has 0 aromatic carbocycles. The Morgan fingerprint density at radius 3 is 2.71 bits per heavy atom. The van der Waals surface area contributed by atoms with Gasteiger partial charge in [-0.05, 0) is 25.5 Å². The van der Waals surface area contributed by atoms with Gasteiger partial charge in [0.05, 0.1) is 12.4 Å². The molecule has 0 radical (unpaired) electrons. The molecular weight excluding hydrogens is 236 g/mol. The largest absolute Gasteiger partial charge is 0.435 e. The molecule has 1 aliphatic rings. The lowest BCUT2D eigenvalue weighted by Gasteiger charge is -2.22. The highest BCUT2D eigenvalue weighted by molar-refractivity contribution is 7.99. The number of carbonyl (C=O) groups is 1. The third-order valence-electron chi connectivity index (χ3n) is 3.16. The van der Waals surface area contributed by atoms with Crippen molar-refractivity contribution in [2.45, 2.75) is 51.7 Å². The van der Waals surface area contributed by atoms with E-state index in [1.807, 2.05) is 6.26 Å². The lowest BCUT2D eigenvalue weighted by Crippen LogP contribution is -2.21. The summed E-state index contributed by atoms with van der Waals surface area (Å²) < 4.78 is 10.6. The molecule has 0 aliphatic heterocycles. The topological polar surface area (TPSA) is 35.5 Å². The highest BCUT2D eigenvalue weighted by Gasteiger charge is 2.14. The SMILES string of the molecule is CSCC(=O)OC(C)OCCC1CCCCC1. The molecule has 0 bridgehead atoms. The summed E-state index contributed by atoms with van der Waals surface area (Å²) in [6.07, 6.45) is 9.37. The molecule has 17 heavy (non-hydrogen) atoms. The second-order valence-corrected chi connectivity index (χ2v) is 5.52. The molecule has 1 fully saturated rings. The van der Waals surface area contributed by atoms with Gasteiger partial charge in [0.15, 0.2) is 6.29 Å². The number of thioether (sulfide) groups is 1. The molecule has 1 saturated carbocycles. The van der Waals surface area contributed by atoms with Crippen LogP contribution >= 0.6 is 11.8 Å². The predicted molar refractivity (Wildman–Crippen MR) is 71.1 cm³/mol. The van der Waals surface area contributed by atoms with Gasteiger partial charge in [-0.25, -0.2) is 0 Å². The van der Waals surface area contributed by atoms with Crippen molar-refractivity contribution in [1.82, 2.24) is 0 Å². The fraction of sp³-hybridized carbons (Fsp3) is 0.923. The number of hydrogen-bond acceptors (Lipinski definition) is 4. The van der Waals surface area contributed by atoms with E-state index >= 15 is 0 Å². The Morgan fingerprint density at radius 1 is 1.35 bits per heavy atom. The van der Waals surface area contributed by atoms with E-state index in [-0.39, 0.29) is 5.97 Å². The van der Waals surface area contributed by atoms with E-state index in [0.717, 1.165) is 12.3 Å². The maximum absolute atomic E-state index is 11.2. The van der Waals surface area contributed by atoms with Gasteiger partial charge in [0.25, 0.3) is 0 Å². The summed E-state index contributed by atoms with van der Waals surface area (Å²) in [5, 5.41) is 0. The van der Waals surface area contributed by atoms with Gasteiger partial charge >= 0.3 is 5.97 Å². The van der Waals surface area contributed by atoms with Gasteiger partial charge in [-0.3, -0.25) is 4.79 Å². The first kappa shape index (κ1) is 14.8. The van der Waals surface area contributed by atoms with Gasteiger partial charge in [-0.15, -0.1) is 0 Å². The van der Waals surface area contributed by atoms with E-state index in [2.05, 4.69) is 0 Å². The lowest BCUT2D eigenvalue weighted by atomic mass is 9.87. The summed E-state index contributed by atoms with van der Waals surface area (Å²) in [5.41, 5.74) is 0. The number of ether oxygens (including phenoxy) is 2. The van der Waals surface area contributed by atoms with Crippen molar-refractivity contribution in [3.63, 3.8) is 0 Å². The quantitative estimate of drug-likeness (QED) is 0.520. The van der Waals surface area contributed by atoms with Gasteiger partial charge in [-0.1, -0.05) is 32.1 Å². The molecule has 4 heteroatoms. The Bertz CT molecular complexity index is 215. The number of carbonyl (C=O) groups excluding carboxylic acids is 1. The van der Waals surface area contributed by atoms with Crippen LogP contribution in [0.5, 0.6) is 0 Å². The van der Waals surface area contributed by atoms with Crippen LogP contribution in [0.3, 0.4) is 0 Å². The summed E-state index contributed by atoms with van der Waals surface area (Å²) >= 11 is 1.47. The minimum absolute atomic E-state index is 0.192. The van der Waals surface area contributed by atoms with Crippen LogP contribution in [-0.4, -0.2) is 30.9 Å². The zero-order valence-corrected chi connectivity index (χ0v) is 11.8. The van der Waals surface area contributed by atoms with Crippen molar-refractivity contribution in [2.24, 2.45) is 5.92 Å². The molecule has 1 atom stereocenters. The molecule has 1 rings (SSSR count). The van der Waals surface area contributed by atoms with Crippen molar-refractivity contribution in [3.8, 4) is 0 Å². The van der Waals surface area contributed by atoms with Crippen molar-refractivity contribution in [1.29, 1.82) is 0 Å². The van der Waals surface area contributed by atoms with E-state index in [9.17, 15) is 4.79 Å². The molecular formula is C13H24O3S. The summed E-state index contributed by atoms with van der Waals surface area (Å²) in [4.78, 5) is 11.2. The monoisotopic (exact) mass is 260 g/mol. The molecule has 1 unspecified atom stereocenters. The molecule has 0 N–H and O–H groups in total. The molecule has 0 saturated heterocycles. The lowest BCUT2D eigenvalue weighted by molar-refractivity contribution is -0.172. The Balaban J connectivity index is 2.02. The number of esters is 1. The molecule has 0 aromatic rings. The number of hydrogen-bond donors (Lipinski definition) is 0. The van der Waals surface area contributed by atoms with Gasteiger partial charge in [0, 0.05) is 0 Å². The van der Waals surface area contributed by atoms with Crippen LogP contribution in [-0.2, 0) is 14.3 Å². The van der Waals surface area contributed by atoms with E-state index in [1.165, 1.54) is 43.9 Å². The van der Waals surface area contributed by atoms with Crippen LogP contribution in [0.15, 0.2) is 0 Å². The fourth-order valence-electron chi connectivity index (χ4n) is 2.25. The highest BCUT2D eigenvalue weighted by Crippen LogP contribution is 2.26. The summed E-state index contributed by atoms with van der Waals surface area (Å²) in [6.45, 7) is 2.50. The maximum atomic E-state index is 11.2. The molecule has 1 aliphatic carbocycles. The van der Waals surface area contributed by atoms with Crippen LogP contribution in [0.4, 0.5) is 0 Å². The van der Waals surface area contributed by atoms with Gasteiger partial charge in [0.2, 0.25) is 0 Å². The molecule has 0 amide bonds. The minimum atomic E-state index is -0.404. The third-order valence-corrected chi connectivity index (χ3v) is 3.69. The van der Waals surface area contributed by atoms with Crippen LogP contribution < -0.4 is 0 Å². The zero-order chi connectivity index (χ0) is 12.5. The number of rotatable bonds is 7. The smallest absolute Gasteiger partial charge is 0.318 e. The average molecular weight is 260 g/mol. The normalized spacial score (nSPS) is 18.9. The maximum Gasteiger partial charge on any atom is 0.318 e. The Morgan fingerprint density at radius 2 is 2.06 bits per heavy atom. The van der Waals surface area contributed by atoms with E-state index < -0.39 is 6.29 Å². The van der Waals surface area contributed by atoms with Crippen molar-refractivity contribution < 1.29 is 14.3 Å². The third kappa shape index (κ3) is 6.94. The van der Waals surface area contributed by atoms with Crippen LogP contribution in [0.2, 0.25) is 0 Å². The first-order valence-corrected chi connectivity index (χ1v) is 7.91. The van der Waals surface area contributed by atoms with Crippen LogP contribution in [0, 0.1) is 5.92 Å². The minimum Gasteiger partial charge on any atom is -0.435 e. The molecule has 100 valence electrons. The molecule has 3 nitrogen and oxygen atoms in total. The second-order valence-electron chi connectivity index (χ2n) is 4.65. The van der Waals surface area contributed by atoms with Crippen molar-refractivity contribution in [2.75, 3.05) is 18.6 Å². The standard InChI is InChI=1S/C13H24O3S/c1-11(16-13(14)10-17-2)15-9-8-12-6-4-3-5-7-12/h11-12H,3-10H2,1-2H3. The average Bonchev–Trinajstić information content (AvgIpc) is 2.30. The van der Waals surface area contributed by atoms with E-state index in [1.54, 1.807) is 6.92 Å². The van der Waals surface area contributed by atoms with Crippen LogP contribution in [0.1, 0.15) is 45.4 Å². The molecule has 0 heterocycles. The van der Waals surface area contributed by atoms with Crippen molar-refractivity contribution in [3.05, 3.63) is 0 Å². The summed E-state index contributed by atoms with van der Waals surface area (Å²) in [5.74, 6) is 1.02. The Kier molecular flexibility index (Phi) is 7.69. The van der Waals surface area contributed by atoms with Gasteiger partial charge in [0.1, 0.15) is 0 Å². The first-order valence-electron chi connectivity index (χ1n) is 6.52.